The Balaban J connectivity index is 1.61. The Morgan fingerprint density at radius 1 is 1.04 bits per heavy atom. The van der Waals surface area contributed by atoms with Crippen molar-refractivity contribution < 1.29 is 9.53 Å². The second-order valence-electron chi connectivity index (χ2n) is 8.03. The average molecular weight is 346 g/mol. The van der Waals surface area contributed by atoms with Gasteiger partial charge >= 0.3 is 5.97 Å². The molecule has 2 aliphatic carbocycles. The molecule has 0 N–H and O–H groups in total. The maximum atomic E-state index is 12.4. The van der Waals surface area contributed by atoms with E-state index in [9.17, 15) is 4.79 Å². The highest BCUT2D eigenvalue weighted by Crippen LogP contribution is 2.33. The number of hydrogen-bond donors (Lipinski definition) is 0. The first-order valence-electron chi connectivity index (χ1n) is 10.5. The fourth-order valence-corrected chi connectivity index (χ4v) is 4.39. The molecule has 0 amide bonds. The summed E-state index contributed by atoms with van der Waals surface area (Å²) < 4.78 is 5.83. The molecule has 0 aromatic carbocycles. The SMILES string of the molecule is CCCCCCC1CCC(OC(=O)C2CCC(C=CC#N)CC2)CC1. The summed E-state index contributed by atoms with van der Waals surface area (Å²) in [5, 5.41) is 8.60. The average Bonchev–Trinajstić information content (AvgIpc) is 2.65. The normalized spacial score (nSPS) is 30.1. The molecule has 3 nitrogen and oxygen atoms in total. The molecule has 2 fully saturated rings. The minimum absolute atomic E-state index is 0.0362. The van der Waals surface area contributed by atoms with Gasteiger partial charge in [-0.05, 0) is 63.2 Å². The zero-order valence-corrected chi connectivity index (χ0v) is 15.9. The number of allylic oxidation sites excluding steroid dienone is 2. The van der Waals surface area contributed by atoms with E-state index in [1.807, 2.05) is 6.08 Å². The minimum atomic E-state index is 0.0362. The predicted molar refractivity (Wildman–Crippen MR) is 101 cm³/mol. The summed E-state index contributed by atoms with van der Waals surface area (Å²) in [6, 6.07) is 2.05. The van der Waals surface area contributed by atoms with Gasteiger partial charge in [-0.3, -0.25) is 4.79 Å². The van der Waals surface area contributed by atoms with Crippen molar-refractivity contribution in [3.63, 3.8) is 0 Å². The van der Waals surface area contributed by atoms with Crippen LogP contribution in [0.5, 0.6) is 0 Å². The number of carbonyl (C=O) groups excluding carboxylic acids is 1. The van der Waals surface area contributed by atoms with E-state index in [1.165, 1.54) is 44.9 Å². The van der Waals surface area contributed by atoms with E-state index < -0.39 is 0 Å². The van der Waals surface area contributed by atoms with Crippen molar-refractivity contribution >= 4 is 5.97 Å². The molecule has 0 aliphatic heterocycles. The summed E-state index contributed by atoms with van der Waals surface area (Å²) in [7, 11) is 0. The quantitative estimate of drug-likeness (QED) is 0.310. The summed E-state index contributed by atoms with van der Waals surface area (Å²) in [6.45, 7) is 2.26. The van der Waals surface area contributed by atoms with E-state index in [4.69, 9.17) is 10.00 Å². The van der Waals surface area contributed by atoms with Crippen LogP contribution in [0.15, 0.2) is 12.2 Å². The summed E-state index contributed by atoms with van der Waals surface area (Å²) in [6.07, 6.45) is 18.9. The topological polar surface area (TPSA) is 50.1 Å². The molecule has 0 aromatic rings. The van der Waals surface area contributed by atoms with Crippen LogP contribution < -0.4 is 0 Å². The molecule has 3 heteroatoms. The zero-order valence-electron chi connectivity index (χ0n) is 15.9. The van der Waals surface area contributed by atoms with E-state index in [0.29, 0.717) is 5.92 Å². The number of esters is 1. The van der Waals surface area contributed by atoms with Crippen molar-refractivity contribution in [2.45, 2.75) is 96.5 Å². The highest BCUT2D eigenvalue weighted by Gasteiger charge is 2.30. The zero-order chi connectivity index (χ0) is 17.9. The van der Waals surface area contributed by atoms with Crippen molar-refractivity contribution in [3.8, 4) is 6.07 Å². The number of nitriles is 1. The van der Waals surface area contributed by atoms with Crippen molar-refractivity contribution in [2.75, 3.05) is 0 Å². The van der Waals surface area contributed by atoms with E-state index >= 15 is 0 Å². The van der Waals surface area contributed by atoms with Gasteiger partial charge in [0.2, 0.25) is 0 Å². The monoisotopic (exact) mass is 345 g/mol. The molecule has 2 saturated carbocycles. The Bertz CT molecular complexity index is 449. The van der Waals surface area contributed by atoms with Crippen LogP contribution in [-0.4, -0.2) is 12.1 Å². The molecule has 2 aliphatic rings. The molecule has 0 heterocycles. The highest BCUT2D eigenvalue weighted by atomic mass is 16.5. The fourth-order valence-electron chi connectivity index (χ4n) is 4.39. The number of rotatable bonds is 8. The molecular weight excluding hydrogens is 310 g/mol. The summed E-state index contributed by atoms with van der Waals surface area (Å²) >= 11 is 0. The summed E-state index contributed by atoms with van der Waals surface area (Å²) in [4.78, 5) is 12.4. The van der Waals surface area contributed by atoms with Gasteiger partial charge in [0.15, 0.2) is 0 Å². The van der Waals surface area contributed by atoms with Gasteiger partial charge in [0, 0.05) is 6.08 Å². The molecule has 0 atom stereocenters. The van der Waals surface area contributed by atoms with Crippen LogP contribution in [-0.2, 0) is 9.53 Å². The first kappa shape index (κ1) is 20.0. The molecule has 0 bridgehead atoms. The van der Waals surface area contributed by atoms with Crippen LogP contribution >= 0.6 is 0 Å². The first-order valence-corrected chi connectivity index (χ1v) is 10.5. The Morgan fingerprint density at radius 2 is 1.76 bits per heavy atom. The van der Waals surface area contributed by atoms with Crippen LogP contribution in [0.25, 0.3) is 0 Å². The van der Waals surface area contributed by atoms with Crippen molar-refractivity contribution in [1.82, 2.24) is 0 Å². The number of carbonyl (C=O) groups is 1. The second-order valence-corrected chi connectivity index (χ2v) is 8.03. The minimum Gasteiger partial charge on any atom is -0.462 e. The van der Waals surface area contributed by atoms with E-state index in [-0.39, 0.29) is 18.0 Å². The fraction of sp³-hybridized carbons (Fsp3) is 0.818. The van der Waals surface area contributed by atoms with Crippen LogP contribution in [0.2, 0.25) is 0 Å². The second kappa shape index (κ2) is 11.3. The van der Waals surface area contributed by atoms with Crippen LogP contribution in [0, 0.1) is 29.1 Å². The van der Waals surface area contributed by atoms with Crippen molar-refractivity contribution in [2.24, 2.45) is 17.8 Å². The Hall–Kier alpha value is -1.30. The van der Waals surface area contributed by atoms with Gasteiger partial charge in [0.25, 0.3) is 0 Å². The molecule has 0 unspecified atom stereocenters. The van der Waals surface area contributed by atoms with E-state index in [0.717, 1.165) is 44.4 Å². The van der Waals surface area contributed by atoms with E-state index in [2.05, 4.69) is 13.0 Å². The lowest BCUT2D eigenvalue weighted by atomic mass is 9.81. The standard InChI is InChI=1S/C22H35NO2/c1-2-3-4-5-7-18-11-15-21(16-12-18)25-22(24)20-13-9-19(10-14-20)8-6-17-23/h6,8,18-21H,2-5,7,9-16H2,1H3. The molecule has 0 saturated heterocycles. The highest BCUT2D eigenvalue weighted by molar-refractivity contribution is 5.72. The molecule has 0 aromatic heterocycles. The number of unbranched alkanes of at least 4 members (excludes halogenated alkanes) is 3. The van der Waals surface area contributed by atoms with Crippen molar-refractivity contribution in [3.05, 3.63) is 12.2 Å². The third-order valence-electron chi connectivity index (χ3n) is 6.09. The lowest BCUT2D eigenvalue weighted by Gasteiger charge is -2.31. The van der Waals surface area contributed by atoms with E-state index in [1.54, 1.807) is 6.08 Å². The van der Waals surface area contributed by atoms with Crippen LogP contribution in [0.1, 0.15) is 90.4 Å². The molecule has 0 radical (unpaired) electrons. The van der Waals surface area contributed by atoms with Gasteiger partial charge in [0.05, 0.1) is 12.0 Å². The Morgan fingerprint density at radius 3 is 2.40 bits per heavy atom. The maximum absolute atomic E-state index is 12.4. The Kier molecular flexibility index (Phi) is 9.08. The van der Waals surface area contributed by atoms with Gasteiger partial charge in [-0.1, -0.05) is 45.1 Å². The van der Waals surface area contributed by atoms with Gasteiger partial charge in [0.1, 0.15) is 6.10 Å². The van der Waals surface area contributed by atoms with Gasteiger partial charge in [-0.2, -0.15) is 5.26 Å². The van der Waals surface area contributed by atoms with Gasteiger partial charge in [-0.25, -0.2) is 0 Å². The number of nitrogens with zero attached hydrogens (tertiary/aromatic N) is 1. The lowest BCUT2D eigenvalue weighted by molar-refractivity contribution is -0.157. The third-order valence-corrected chi connectivity index (χ3v) is 6.09. The van der Waals surface area contributed by atoms with Crippen molar-refractivity contribution in [1.29, 1.82) is 5.26 Å². The van der Waals surface area contributed by atoms with Gasteiger partial charge in [-0.15, -0.1) is 0 Å². The Labute approximate surface area is 153 Å². The number of ether oxygens (including phenoxy) is 1. The summed E-state index contributed by atoms with van der Waals surface area (Å²) in [5.41, 5.74) is 0. The largest absolute Gasteiger partial charge is 0.462 e. The van der Waals surface area contributed by atoms with Crippen LogP contribution in [0.4, 0.5) is 0 Å². The molecule has 2 rings (SSSR count). The lowest BCUT2D eigenvalue weighted by Crippen LogP contribution is -2.30. The predicted octanol–water partition coefficient (Wildman–Crippen LogP) is 5.94. The maximum Gasteiger partial charge on any atom is 0.309 e. The number of hydrogen-bond acceptors (Lipinski definition) is 3. The molecule has 0 spiro atoms. The van der Waals surface area contributed by atoms with Crippen LogP contribution in [0.3, 0.4) is 0 Å². The first-order chi connectivity index (χ1) is 12.2. The smallest absolute Gasteiger partial charge is 0.309 e. The third kappa shape index (κ3) is 7.22. The molecular formula is C22H35NO2. The summed E-state index contributed by atoms with van der Waals surface area (Å²) in [5.74, 6) is 1.44. The van der Waals surface area contributed by atoms with Gasteiger partial charge < -0.3 is 4.74 Å². The molecule has 140 valence electrons. The molecule has 25 heavy (non-hydrogen) atoms.